The van der Waals surface area contributed by atoms with Gasteiger partial charge in [0.25, 0.3) is 0 Å². The zero-order valence-corrected chi connectivity index (χ0v) is 7.12. The Balaban J connectivity index is 3.85. The lowest BCUT2D eigenvalue weighted by atomic mass is 10.3. The Morgan fingerprint density at radius 1 is 1.42 bits per heavy atom. The molecule has 70 valence electrons. The van der Waals surface area contributed by atoms with Gasteiger partial charge in [0.2, 0.25) is 0 Å². The summed E-state index contributed by atoms with van der Waals surface area (Å²) in [4.78, 5) is 22.4. The normalized spacial score (nSPS) is 10.2. The van der Waals surface area contributed by atoms with Gasteiger partial charge >= 0.3 is 5.97 Å². The van der Waals surface area contributed by atoms with Gasteiger partial charge in [0.1, 0.15) is 5.78 Å². The highest BCUT2D eigenvalue weighted by atomic mass is 16.4. The summed E-state index contributed by atoms with van der Waals surface area (Å²) in [6, 6.07) is 0. The summed E-state index contributed by atoms with van der Waals surface area (Å²) in [6.07, 6.45) is 0. The van der Waals surface area contributed by atoms with E-state index in [-0.39, 0.29) is 18.9 Å². The third-order valence-electron chi connectivity index (χ3n) is 1.25. The van der Waals surface area contributed by atoms with E-state index in [1.165, 1.54) is 11.8 Å². The van der Waals surface area contributed by atoms with Crippen LogP contribution in [0.1, 0.15) is 6.92 Å². The van der Waals surface area contributed by atoms with Crippen LogP contribution in [0, 0.1) is 0 Å². The molecule has 0 spiro atoms. The van der Waals surface area contributed by atoms with Crippen LogP contribution in [0.3, 0.4) is 0 Å². The van der Waals surface area contributed by atoms with Gasteiger partial charge in [0.05, 0.1) is 13.1 Å². The van der Waals surface area contributed by atoms with Crippen LogP contribution in [-0.4, -0.2) is 47.9 Å². The van der Waals surface area contributed by atoms with E-state index in [1.54, 1.807) is 0 Å². The largest absolute Gasteiger partial charge is 0.480 e. The van der Waals surface area contributed by atoms with Crippen molar-refractivity contribution in [2.75, 3.05) is 26.2 Å². The zero-order chi connectivity index (χ0) is 9.56. The Morgan fingerprint density at radius 2 is 2.00 bits per heavy atom. The van der Waals surface area contributed by atoms with E-state index in [0.29, 0.717) is 13.1 Å². The lowest BCUT2D eigenvalue weighted by Gasteiger charge is -2.16. The van der Waals surface area contributed by atoms with E-state index in [4.69, 9.17) is 10.8 Å². The minimum atomic E-state index is -0.940. The monoisotopic (exact) mass is 174 g/mol. The molecular weight excluding hydrogens is 160 g/mol. The van der Waals surface area contributed by atoms with Crippen LogP contribution in [0.4, 0.5) is 0 Å². The molecule has 0 aromatic rings. The van der Waals surface area contributed by atoms with Crippen molar-refractivity contribution in [1.29, 1.82) is 0 Å². The number of carbonyl (C=O) groups is 2. The van der Waals surface area contributed by atoms with E-state index < -0.39 is 5.97 Å². The zero-order valence-electron chi connectivity index (χ0n) is 7.12. The Kier molecular flexibility index (Phi) is 5.23. The van der Waals surface area contributed by atoms with Crippen molar-refractivity contribution in [2.45, 2.75) is 6.92 Å². The first-order valence-electron chi connectivity index (χ1n) is 3.70. The van der Waals surface area contributed by atoms with E-state index >= 15 is 0 Å². The quantitative estimate of drug-likeness (QED) is 0.535. The first-order chi connectivity index (χ1) is 5.56. The molecule has 0 heterocycles. The molecule has 0 bridgehead atoms. The fourth-order valence-electron chi connectivity index (χ4n) is 0.903. The molecule has 0 aliphatic rings. The molecule has 0 aromatic carbocycles. The molecule has 0 rings (SSSR count). The maximum absolute atomic E-state index is 10.6. The number of nitrogens with zero attached hydrogens (tertiary/aromatic N) is 1. The van der Waals surface area contributed by atoms with Crippen molar-refractivity contribution in [3.05, 3.63) is 0 Å². The number of hydrogen-bond acceptors (Lipinski definition) is 4. The molecule has 0 fully saturated rings. The minimum absolute atomic E-state index is 0.0512. The van der Waals surface area contributed by atoms with Crippen molar-refractivity contribution < 1.29 is 14.7 Å². The second-order valence-corrected chi connectivity index (χ2v) is 2.60. The van der Waals surface area contributed by atoms with Crippen LogP contribution in [0.5, 0.6) is 0 Å². The van der Waals surface area contributed by atoms with Crippen LogP contribution in [0.15, 0.2) is 0 Å². The van der Waals surface area contributed by atoms with E-state index in [2.05, 4.69) is 0 Å². The van der Waals surface area contributed by atoms with E-state index in [0.717, 1.165) is 0 Å². The summed E-state index contributed by atoms with van der Waals surface area (Å²) in [5.74, 6) is -0.991. The number of aliphatic carboxylic acids is 1. The fourth-order valence-corrected chi connectivity index (χ4v) is 0.903. The molecule has 0 saturated carbocycles. The van der Waals surface area contributed by atoms with Gasteiger partial charge in [-0.3, -0.25) is 14.5 Å². The number of carboxylic acid groups (broad SMARTS) is 1. The maximum atomic E-state index is 10.6. The van der Waals surface area contributed by atoms with Gasteiger partial charge in [-0.2, -0.15) is 0 Å². The third kappa shape index (κ3) is 5.82. The molecule has 0 aliphatic carbocycles. The SMILES string of the molecule is CC(=O)CN(CCN)CC(=O)O. The average Bonchev–Trinajstić information content (AvgIpc) is 1.84. The van der Waals surface area contributed by atoms with Gasteiger partial charge in [0.15, 0.2) is 0 Å². The lowest BCUT2D eigenvalue weighted by molar-refractivity contribution is -0.138. The van der Waals surface area contributed by atoms with E-state index in [1.807, 2.05) is 0 Å². The van der Waals surface area contributed by atoms with Crippen molar-refractivity contribution in [3.8, 4) is 0 Å². The lowest BCUT2D eigenvalue weighted by Crippen LogP contribution is -2.37. The van der Waals surface area contributed by atoms with Gasteiger partial charge in [-0.25, -0.2) is 0 Å². The first-order valence-corrected chi connectivity index (χ1v) is 3.70. The number of carbonyl (C=O) groups excluding carboxylic acids is 1. The number of nitrogens with two attached hydrogens (primary N) is 1. The van der Waals surface area contributed by atoms with Crippen LogP contribution in [0.25, 0.3) is 0 Å². The topological polar surface area (TPSA) is 83.6 Å². The van der Waals surface area contributed by atoms with Crippen LogP contribution in [0.2, 0.25) is 0 Å². The summed E-state index contributed by atoms with van der Waals surface area (Å²) in [5, 5.41) is 8.43. The van der Waals surface area contributed by atoms with Crippen molar-refractivity contribution >= 4 is 11.8 Å². The molecule has 0 atom stereocenters. The Labute approximate surface area is 71.1 Å². The molecule has 0 unspecified atom stereocenters. The second-order valence-electron chi connectivity index (χ2n) is 2.60. The molecule has 0 aliphatic heterocycles. The molecule has 3 N–H and O–H groups in total. The molecule has 0 aromatic heterocycles. The number of hydrogen-bond donors (Lipinski definition) is 2. The predicted octanol–water partition coefficient (Wildman–Crippen LogP) is -1.08. The smallest absolute Gasteiger partial charge is 0.317 e. The van der Waals surface area contributed by atoms with Gasteiger partial charge < -0.3 is 10.8 Å². The van der Waals surface area contributed by atoms with Crippen LogP contribution >= 0.6 is 0 Å². The van der Waals surface area contributed by atoms with Gasteiger partial charge in [-0.05, 0) is 6.92 Å². The second kappa shape index (κ2) is 5.68. The summed E-state index contributed by atoms with van der Waals surface area (Å²) in [6.45, 7) is 2.25. The highest BCUT2D eigenvalue weighted by Gasteiger charge is 2.09. The minimum Gasteiger partial charge on any atom is -0.480 e. The molecule has 12 heavy (non-hydrogen) atoms. The molecule has 0 amide bonds. The molecule has 0 saturated heterocycles. The molecule has 5 nitrogen and oxygen atoms in total. The summed E-state index contributed by atoms with van der Waals surface area (Å²) >= 11 is 0. The maximum Gasteiger partial charge on any atom is 0.317 e. The summed E-state index contributed by atoms with van der Waals surface area (Å²) in [5.41, 5.74) is 5.23. The van der Waals surface area contributed by atoms with Crippen LogP contribution < -0.4 is 5.73 Å². The van der Waals surface area contributed by atoms with Gasteiger partial charge in [-0.15, -0.1) is 0 Å². The predicted molar refractivity (Wildman–Crippen MR) is 43.8 cm³/mol. The number of rotatable bonds is 6. The Morgan fingerprint density at radius 3 is 2.33 bits per heavy atom. The molecule has 5 heteroatoms. The Bertz CT molecular complexity index is 154. The molecular formula is C7H14N2O3. The number of carboxylic acids is 1. The highest BCUT2D eigenvalue weighted by Crippen LogP contribution is 1.87. The average molecular weight is 174 g/mol. The summed E-state index contributed by atoms with van der Waals surface area (Å²) in [7, 11) is 0. The van der Waals surface area contributed by atoms with Gasteiger partial charge in [-0.1, -0.05) is 0 Å². The number of ketones is 1. The number of Topliss-reactive ketones (excluding diaryl/α,β-unsaturated/α-hetero) is 1. The fraction of sp³-hybridized carbons (Fsp3) is 0.714. The van der Waals surface area contributed by atoms with Crippen molar-refractivity contribution in [2.24, 2.45) is 5.73 Å². The Hall–Kier alpha value is -0.940. The third-order valence-corrected chi connectivity index (χ3v) is 1.25. The van der Waals surface area contributed by atoms with Crippen LogP contribution in [-0.2, 0) is 9.59 Å². The standard InChI is InChI=1S/C7H14N2O3/c1-6(10)4-9(3-2-8)5-7(11)12/h2-5,8H2,1H3,(H,11,12). The summed E-state index contributed by atoms with van der Waals surface area (Å²) < 4.78 is 0. The van der Waals surface area contributed by atoms with Gasteiger partial charge in [0, 0.05) is 13.1 Å². The van der Waals surface area contributed by atoms with E-state index in [9.17, 15) is 9.59 Å². The molecule has 0 radical (unpaired) electrons. The van der Waals surface area contributed by atoms with Crippen molar-refractivity contribution in [3.63, 3.8) is 0 Å². The van der Waals surface area contributed by atoms with Crippen molar-refractivity contribution in [1.82, 2.24) is 4.90 Å². The first kappa shape index (κ1) is 11.1. The highest BCUT2D eigenvalue weighted by molar-refractivity contribution is 5.78.